The third-order valence-corrected chi connectivity index (χ3v) is 5.85. The SMILES string of the molecule is Cc1cc(C=NNC(=O)Cc2cccc3ccccc23)c(C)n1-c1ccc(C(=O)O)c(Cl)c1. The second kappa shape index (κ2) is 9.30. The first-order chi connectivity index (χ1) is 15.8. The fourth-order valence-electron chi connectivity index (χ4n) is 3.97. The lowest BCUT2D eigenvalue weighted by atomic mass is 10.0. The number of hydrogen-bond donors (Lipinski definition) is 2. The molecular formula is C26H22ClN3O3. The van der Waals surface area contributed by atoms with E-state index in [0.717, 1.165) is 39.0 Å². The number of halogens is 1. The molecule has 0 saturated heterocycles. The van der Waals surface area contributed by atoms with Crippen molar-refractivity contribution < 1.29 is 14.7 Å². The van der Waals surface area contributed by atoms with Crippen molar-refractivity contribution in [3.63, 3.8) is 0 Å². The molecular weight excluding hydrogens is 438 g/mol. The number of carbonyl (C=O) groups is 2. The third kappa shape index (κ3) is 4.66. The first kappa shape index (κ1) is 22.3. The summed E-state index contributed by atoms with van der Waals surface area (Å²) in [5, 5.41) is 15.6. The Labute approximate surface area is 196 Å². The average molecular weight is 460 g/mol. The van der Waals surface area contributed by atoms with Gasteiger partial charge in [0.2, 0.25) is 5.91 Å². The van der Waals surface area contributed by atoms with Crippen molar-refractivity contribution in [2.24, 2.45) is 5.10 Å². The second-order valence-corrected chi connectivity index (χ2v) is 8.15. The molecule has 6 nitrogen and oxygen atoms in total. The van der Waals surface area contributed by atoms with Gasteiger partial charge < -0.3 is 9.67 Å². The van der Waals surface area contributed by atoms with E-state index in [1.165, 1.54) is 6.07 Å². The maximum absolute atomic E-state index is 12.5. The zero-order valence-electron chi connectivity index (χ0n) is 18.2. The summed E-state index contributed by atoms with van der Waals surface area (Å²) in [6, 6.07) is 20.6. The van der Waals surface area contributed by atoms with Crippen LogP contribution in [0, 0.1) is 13.8 Å². The van der Waals surface area contributed by atoms with Crippen molar-refractivity contribution in [1.29, 1.82) is 0 Å². The van der Waals surface area contributed by atoms with Gasteiger partial charge in [-0.25, -0.2) is 10.2 Å². The molecule has 0 saturated carbocycles. The van der Waals surface area contributed by atoms with Crippen LogP contribution in [0.3, 0.4) is 0 Å². The van der Waals surface area contributed by atoms with Crippen LogP contribution in [0.25, 0.3) is 16.5 Å². The number of nitrogens with zero attached hydrogens (tertiary/aromatic N) is 2. The number of aromatic carboxylic acids is 1. The largest absolute Gasteiger partial charge is 0.478 e. The van der Waals surface area contributed by atoms with E-state index in [0.29, 0.717) is 0 Å². The van der Waals surface area contributed by atoms with E-state index >= 15 is 0 Å². The quantitative estimate of drug-likeness (QED) is 0.303. The fraction of sp³-hybridized carbons (Fsp3) is 0.115. The summed E-state index contributed by atoms with van der Waals surface area (Å²) in [7, 11) is 0. The highest BCUT2D eigenvalue weighted by Crippen LogP contribution is 2.25. The van der Waals surface area contributed by atoms with Crippen LogP contribution in [0.5, 0.6) is 0 Å². The summed E-state index contributed by atoms with van der Waals surface area (Å²) in [5.74, 6) is -1.27. The lowest BCUT2D eigenvalue weighted by molar-refractivity contribution is -0.120. The van der Waals surface area contributed by atoms with Crippen molar-refractivity contribution >= 4 is 40.5 Å². The summed E-state index contributed by atoms with van der Waals surface area (Å²) in [5.41, 5.74) is 7.00. The van der Waals surface area contributed by atoms with Gasteiger partial charge >= 0.3 is 5.97 Å². The average Bonchev–Trinajstić information content (AvgIpc) is 3.06. The molecule has 1 amide bonds. The first-order valence-electron chi connectivity index (χ1n) is 10.4. The van der Waals surface area contributed by atoms with Crippen LogP contribution >= 0.6 is 11.6 Å². The van der Waals surface area contributed by atoms with E-state index in [1.54, 1.807) is 18.3 Å². The van der Waals surface area contributed by atoms with E-state index in [1.807, 2.05) is 66.9 Å². The Morgan fingerprint density at radius 3 is 2.58 bits per heavy atom. The molecule has 1 aromatic heterocycles. The molecule has 4 aromatic rings. The third-order valence-electron chi connectivity index (χ3n) is 5.54. The molecule has 0 fully saturated rings. The van der Waals surface area contributed by atoms with Crippen molar-refractivity contribution in [2.45, 2.75) is 20.3 Å². The van der Waals surface area contributed by atoms with E-state index in [9.17, 15) is 14.7 Å². The van der Waals surface area contributed by atoms with Gasteiger partial charge in [0, 0.05) is 22.6 Å². The Morgan fingerprint density at radius 2 is 1.82 bits per heavy atom. The number of nitrogens with one attached hydrogen (secondary N) is 1. The Balaban J connectivity index is 1.49. The van der Waals surface area contributed by atoms with Gasteiger partial charge in [0.25, 0.3) is 0 Å². The number of fused-ring (bicyclic) bond motifs is 1. The fourth-order valence-corrected chi connectivity index (χ4v) is 4.22. The molecule has 0 radical (unpaired) electrons. The van der Waals surface area contributed by atoms with Crippen LogP contribution in [-0.4, -0.2) is 27.8 Å². The normalized spacial score (nSPS) is 11.2. The lowest BCUT2D eigenvalue weighted by Gasteiger charge is -2.11. The maximum atomic E-state index is 12.5. The summed E-state index contributed by atoms with van der Waals surface area (Å²) in [4.78, 5) is 23.7. The Bertz CT molecular complexity index is 1400. The number of amides is 1. The zero-order chi connectivity index (χ0) is 23.5. The summed E-state index contributed by atoms with van der Waals surface area (Å²) < 4.78 is 1.96. The van der Waals surface area contributed by atoms with E-state index < -0.39 is 5.97 Å². The highest BCUT2D eigenvalue weighted by Gasteiger charge is 2.14. The monoisotopic (exact) mass is 459 g/mol. The van der Waals surface area contributed by atoms with Crippen LogP contribution in [0.15, 0.2) is 71.8 Å². The van der Waals surface area contributed by atoms with Gasteiger partial charge in [-0.2, -0.15) is 5.10 Å². The number of carboxylic acids is 1. The molecule has 166 valence electrons. The Kier molecular flexibility index (Phi) is 6.29. The number of aryl methyl sites for hydroxylation is 1. The van der Waals surface area contributed by atoms with E-state index in [-0.39, 0.29) is 22.9 Å². The number of hydrazone groups is 1. The minimum atomic E-state index is -1.07. The molecule has 7 heteroatoms. The molecule has 33 heavy (non-hydrogen) atoms. The van der Waals surface area contributed by atoms with E-state index in [2.05, 4.69) is 10.5 Å². The Morgan fingerprint density at radius 1 is 1.06 bits per heavy atom. The van der Waals surface area contributed by atoms with Gasteiger partial charge in [-0.1, -0.05) is 54.1 Å². The molecule has 0 unspecified atom stereocenters. The number of hydrogen-bond acceptors (Lipinski definition) is 3. The molecule has 0 aliphatic rings. The van der Waals surface area contributed by atoms with Gasteiger partial charge in [0.15, 0.2) is 0 Å². The number of rotatable bonds is 6. The topological polar surface area (TPSA) is 83.7 Å². The molecule has 0 aliphatic carbocycles. The van der Waals surface area contributed by atoms with Gasteiger partial charge in [-0.05, 0) is 54.4 Å². The molecule has 0 atom stereocenters. The predicted octanol–water partition coefficient (Wildman–Crippen LogP) is 5.29. The van der Waals surface area contributed by atoms with Crippen LogP contribution in [0.4, 0.5) is 0 Å². The standard InChI is InChI=1S/C26H22ClN3O3/c1-16-12-20(17(2)30(16)21-10-11-23(26(32)33)24(27)14-21)15-28-29-25(31)13-19-8-5-7-18-6-3-4-9-22(18)19/h3-12,14-15H,13H2,1-2H3,(H,29,31)(H,32,33). The van der Waals surface area contributed by atoms with Crippen molar-refractivity contribution in [3.8, 4) is 5.69 Å². The van der Waals surface area contributed by atoms with Gasteiger partial charge in [-0.3, -0.25) is 4.79 Å². The van der Waals surface area contributed by atoms with Crippen LogP contribution in [0.1, 0.15) is 32.9 Å². The highest BCUT2D eigenvalue weighted by molar-refractivity contribution is 6.33. The van der Waals surface area contributed by atoms with Crippen LogP contribution in [-0.2, 0) is 11.2 Å². The molecule has 0 bridgehead atoms. The minimum Gasteiger partial charge on any atom is -0.478 e. The summed E-state index contributed by atoms with van der Waals surface area (Å²) >= 11 is 6.14. The predicted molar refractivity (Wildman–Crippen MR) is 131 cm³/mol. The number of aromatic nitrogens is 1. The summed E-state index contributed by atoms with van der Waals surface area (Å²) in [6.45, 7) is 3.85. The van der Waals surface area contributed by atoms with Crippen LogP contribution in [0.2, 0.25) is 5.02 Å². The number of benzene rings is 3. The van der Waals surface area contributed by atoms with Gasteiger partial charge in [0.05, 0.1) is 23.2 Å². The molecule has 4 rings (SSSR count). The lowest BCUT2D eigenvalue weighted by Crippen LogP contribution is -2.19. The minimum absolute atomic E-state index is 0.0542. The molecule has 1 heterocycles. The summed E-state index contributed by atoms with van der Waals surface area (Å²) in [6.07, 6.45) is 1.83. The van der Waals surface area contributed by atoms with Crippen molar-refractivity contribution in [2.75, 3.05) is 0 Å². The first-order valence-corrected chi connectivity index (χ1v) is 10.7. The smallest absolute Gasteiger partial charge is 0.337 e. The number of carbonyl (C=O) groups excluding carboxylic acids is 1. The zero-order valence-corrected chi connectivity index (χ0v) is 18.9. The highest BCUT2D eigenvalue weighted by atomic mass is 35.5. The van der Waals surface area contributed by atoms with Crippen molar-refractivity contribution in [3.05, 3.63) is 99.8 Å². The molecule has 3 aromatic carbocycles. The van der Waals surface area contributed by atoms with Crippen LogP contribution < -0.4 is 5.43 Å². The van der Waals surface area contributed by atoms with Gasteiger partial charge in [-0.15, -0.1) is 0 Å². The number of carboxylic acid groups (broad SMARTS) is 1. The van der Waals surface area contributed by atoms with E-state index in [4.69, 9.17) is 11.6 Å². The van der Waals surface area contributed by atoms with Crippen molar-refractivity contribution in [1.82, 2.24) is 9.99 Å². The molecule has 2 N–H and O–H groups in total. The molecule has 0 aliphatic heterocycles. The maximum Gasteiger partial charge on any atom is 0.337 e. The Hall–Kier alpha value is -3.90. The van der Waals surface area contributed by atoms with Gasteiger partial charge in [0.1, 0.15) is 0 Å². The second-order valence-electron chi connectivity index (χ2n) is 7.74. The molecule has 0 spiro atoms.